The number of carbonyl (C=O) groups is 1. The van der Waals surface area contributed by atoms with E-state index in [0.29, 0.717) is 4.31 Å². The van der Waals surface area contributed by atoms with E-state index in [4.69, 9.17) is 5.11 Å². The minimum Gasteiger partial charge on any atom is -0.480 e. The summed E-state index contributed by atoms with van der Waals surface area (Å²) in [6.45, 7) is 0.737. The number of carboxylic acid groups (broad SMARTS) is 1. The van der Waals surface area contributed by atoms with Crippen LogP contribution in [0.3, 0.4) is 0 Å². The van der Waals surface area contributed by atoms with Crippen LogP contribution < -0.4 is 0 Å². The first kappa shape index (κ1) is 13.6. The zero-order chi connectivity index (χ0) is 13.2. The van der Waals surface area contributed by atoms with Crippen LogP contribution in [-0.2, 0) is 14.8 Å². The fraction of sp³-hybridized carbons (Fsp3) is 0.300. The summed E-state index contributed by atoms with van der Waals surface area (Å²) in [5.41, 5.74) is 0.238. The van der Waals surface area contributed by atoms with Crippen LogP contribution in [0.15, 0.2) is 23.1 Å². The van der Waals surface area contributed by atoms with E-state index in [1.54, 1.807) is 0 Å². The summed E-state index contributed by atoms with van der Waals surface area (Å²) in [6.07, 6.45) is 0. The van der Waals surface area contributed by atoms with Crippen LogP contribution in [-0.4, -0.2) is 37.4 Å². The minimum atomic E-state index is -4.12. The number of hydrogen-bond donors (Lipinski definition) is 1. The van der Waals surface area contributed by atoms with E-state index >= 15 is 0 Å². The van der Waals surface area contributed by atoms with Crippen molar-refractivity contribution >= 4 is 16.0 Å². The number of aryl methyl sites for hydroxylation is 1. The number of rotatable bonds is 4. The van der Waals surface area contributed by atoms with Crippen LogP contribution in [0, 0.1) is 12.7 Å². The van der Waals surface area contributed by atoms with E-state index in [9.17, 15) is 17.6 Å². The molecule has 0 aromatic heterocycles. The van der Waals surface area contributed by atoms with Crippen molar-refractivity contribution in [3.8, 4) is 0 Å². The topological polar surface area (TPSA) is 74.7 Å². The predicted octanol–water partition coefficient (Wildman–Crippen LogP) is 0.839. The Balaban J connectivity index is 3.27. The number of hydrogen-bond acceptors (Lipinski definition) is 3. The largest absolute Gasteiger partial charge is 0.480 e. The van der Waals surface area contributed by atoms with Crippen molar-refractivity contribution in [3.05, 3.63) is 29.6 Å². The fourth-order valence-corrected chi connectivity index (χ4v) is 2.76. The average molecular weight is 261 g/mol. The van der Waals surface area contributed by atoms with Gasteiger partial charge >= 0.3 is 5.97 Å². The molecule has 0 spiro atoms. The van der Waals surface area contributed by atoms with E-state index in [0.717, 1.165) is 13.1 Å². The lowest BCUT2D eigenvalue weighted by molar-refractivity contribution is -0.137. The van der Waals surface area contributed by atoms with Gasteiger partial charge in [0.05, 0.1) is 0 Å². The smallest absolute Gasteiger partial charge is 0.318 e. The molecule has 1 rings (SSSR count). The van der Waals surface area contributed by atoms with Gasteiger partial charge in [-0.15, -0.1) is 0 Å². The molecule has 0 heterocycles. The van der Waals surface area contributed by atoms with Gasteiger partial charge in [-0.2, -0.15) is 4.31 Å². The number of benzene rings is 1. The van der Waals surface area contributed by atoms with Crippen LogP contribution in [0.2, 0.25) is 0 Å². The van der Waals surface area contributed by atoms with Crippen LogP contribution in [0.25, 0.3) is 0 Å². The van der Waals surface area contributed by atoms with Gasteiger partial charge in [0, 0.05) is 7.05 Å². The molecule has 0 radical (unpaired) electrons. The Hall–Kier alpha value is -1.47. The highest BCUT2D eigenvalue weighted by Crippen LogP contribution is 2.21. The second-order valence-electron chi connectivity index (χ2n) is 3.54. The summed E-state index contributed by atoms with van der Waals surface area (Å²) >= 11 is 0. The van der Waals surface area contributed by atoms with Gasteiger partial charge in [0.15, 0.2) is 0 Å². The summed E-state index contributed by atoms with van der Waals surface area (Å²) in [5, 5.41) is 8.53. The van der Waals surface area contributed by atoms with Crippen molar-refractivity contribution in [1.29, 1.82) is 0 Å². The van der Waals surface area contributed by atoms with E-state index in [1.165, 1.54) is 19.1 Å². The van der Waals surface area contributed by atoms with Crippen molar-refractivity contribution < 1.29 is 22.7 Å². The van der Waals surface area contributed by atoms with Crippen LogP contribution in [0.5, 0.6) is 0 Å². The zero-order valence-corrected chi connectivity index (χ0v) is 10.2. The average Bonchev–Trinajstić information content (AvgIpc) is 2.15. The van der Waals surface area contributed by atoms with Gasteiger partial charge in [-0.05, 0) is 18.6 Å². The molecular weight excluding hydrogens is 249 g/mol. The summed E-state index contributed by atoms with van der Waals surface area (Å²) in [7, 11) is -3.03. The molecule has 0 fully saturated rings. The molecule has 7 heteroatoms. The van der Waals surface area contributed by atoms with E-state index in [1.807, 2.05) is 0 Å². The Bertz CT molecular complexity index is 521. The molecule has 0 bridgehead atoms. The molecule has 0 aliphatic heterocycles. The summed E-state index contributed by atoms with van der Waals surface area (Å²) in [6, 6.07) is 3.86. The van der Waals surface area contributed by atoms with Gasteiger partial charge in [-0.3, -0.25) is 4.79 Å². The molecule has 0 unspecified atom stereocenters. The summed E-state index contributed by atoms with van der Waals surface area (Å²) in [5.74, 6) is -2.19. The van der Waals surface area contributed by atoms with E-state index in [-0.39, 0.29) is 5.56 Å². The van der Waals surface area contributed by atoms with Crippen LogP contribution in [0.4, 0.5) is 4.39 Å². The lowest BCUT2D eigenvalue weighted by atomic mass is 10.2. The molecule has 1 aromatic carbocycles. The molecule has 94 valence electrons. The van der Waals surface area contributed by atoms with Gasteiger partial charge in [0.1, 0.15) is 17.3 Å². The second kappa shape index (κ2) is 4.80. The highest BCUT2D eigenvalue weighted by atomic mass is 32.2. The van der Waals surface area contributed by atoms with E-state index in [2.05, 4.69) is 0 Å². The monoisotopic (exact) mass is 261 g/mol. The number of likely N-dealkylation sites (N-methyl/N-ethyl adjacent to an activating group) is 1. The standard InChI is InChI=1S/C10H12FNO4S/c1-7-4-3-5-8(11)10(7)17(15,16)12(2)6-9(13)14/h3-5H,6H2,1-2H3,(H,13,14). The molecule has 0 atom stereocenters. The molecule has 0 saturated heterocycles. The number of aliphatic carboxylic acids is 1. The summed E-state index contributed by atoms with van der Waals surface area (Å²) in [4.78, 5) is 9.98. The van der Waals surface area contributed by atoms with Gasteiger partial charge in [-0.1, -0.05) is 12.1 Å². The second-order valence-corrected chi connectivity index (χ2v) is 5.52. The Morgan fingerprint density at radius 1 is 1.47 bits per heavy atom. The maximum atomic E-state index is 13.5. The van der Waals surface area contributed by atoms with Crippen molar-refractivity contribution in [2.45, 2.75) is 11.8 Å². The normalized spacial score (nSPS) is 11.8. The van der Waals surface area contributed by atoms with Crippen molar-refractivity contribution in [2.24, 2.45) is 0 Å². The predicted molar refractivity (Wildman–Crippen MR) is 58.6 cm³/mol. The van der Waals surface area contributed by atoms with Gasteiger partial charge in [-0.25, -0.2) is 12.8 Å². The first-order valence-corrected chi connectivity index (χ1v) is 6.14. The van der Waals surface area contributed by atoms with Crippen LogP contribution >= 0.6 is 0 Å². The lowest BCUT2D eigenvalue weighted by Crippen LogP contribution is -2.33. The molecule has 0 aliphatic rings. The number of sulfonamides is 1. The molecule has 0 amide bonds. The van der Waals surface area contributed by atoms with Gasteiger partial charge in [0.2, 0.25) is 10.0 Å². The Morgan fingerprint density at radius 2 is 2.06 bits per heavy atom. The maximum Gasteiger partial charge on any atom is 0.318 e. The SMILES string of the molecule is Cc1cccc(F)c1S(=O)(=O)N(C)CC(=O)O. The molecule has 1 aromatic rings. The maximum absolute atomic E-state index is 13.5. The molecule has 0 saturated carbocycles. The quantitative estimate of drug-likeness (QED) is 0.871. The first-order chi connectivity index (χ1) is 7.76. The lowest BCUT2D eigenvalue weighted by Gasteiger charge is -2.16. The van der Waals surface area contributed by atoms with Crippen molar-refractivity contribution in [2.75, 3.05) is 13.6 Å². The van der Waals surface area contributed by atoms with Crippen molar-refractivity contribution in [3.63, 3.8) is 0 Å². The Kier molecular flexibility index (Phi) is 3.84. The summed E-state index contributed by atoms with van der Waals surface area (Å²) < 4.78 is 38.0. The Labute approximate surface area is 98.5 Å². The van der Waals surface area contributed by atoms with Crippen molar-refractivity contribution in [1.82, 2.24) is 4.31 Å². The number of halogens is 1. The molecule has 17 heavy (non-hydrogen) atoms. The molecule has 5 nitrogen and oxygen atoms in total. The number of carboxylic acids is 1. The van der Waals surface area contributed by atoms with Crippen LogP contribution in [0.1, 0.15) is 5.56 Å². The van der Waals surface area contributed by atoms with Gasteiger partial charge in [0.25, 0.3) is 0 Å². The highest BCUT2D eigenvalue weighted by molar-refractivity contribution is 7.89. The van der Waals surface area contributed by atoms with E-state index < -0.39 is 33.3 Å². The zero-order valence-electron chi connectivity index (χ0n) is 9.34. The molecular formula is C10H12FNO4S. The first-order valence-electron chi connectivity index (χ1n) is 4.70. The molecule has 1 N–H and O–H groups in total. The fourth-order valence-electron chi connectivity index (χ4n) is 1.37. The van der Waals surface area contributed by atoms with Gasteiger partial charge < -0.3 is 5.11 Å². The number of nitrogens with zero attached hydrogens (tertiary/aromatic N) is 1. The minimum absolute atomic E-state index is 0.238. The Morgan fingerprint density at radius 3 is 2.53 bits per heavy atom. The highest BCUT2D eigenvalue weighted by Gasteiger charge is 2.27. The molecule has 0 aliphatic carbocycles. The third-order valence-corrected chi connectivity index (χ3v) is 4.17. The third-order valence-electron chi connectivity index (χ3n) is 2.19. The third kappa shape index (κ3) is 2.80.